The van der Waals surface area contributed by atoms with Crippen LogP contribution in [0.4, 0.5) is 19.1 Å². The average molecular weight is 508 g/mol. The van der Waals surface area contributed by atoms with Gasteiger partial charge in [-0.3, -0.25) is 4.90 Å². The van der Waals surface area contributed by atoms with E-state index in [2.05, 4.69) is 20.2 Å². The van der Waals surface area contributed by atoms with Crippen molar-refractivity contribution in [3.8, 4) is 5.88 Å². The van der Waals surface area contributed by atoms with E-state index in [1.54, 1.807) is 6.20 Å². The smallest absolute Gasteiger partial charge is 0.391 e. The summed E-state index contributed by atoms with van der Waals surface area (Å²) in [6.07, 6.45) is 6.11. The topological polar surface area (TPSA) is 72.4 Å². The molecule has 0 spiro atoms. The van der Waals surface area contributed by atoms with E-state index in [0.29, 0.717) is 17.7 Å². The summed E-state index contributed by atoms with van der Waals surface area (Å²) in [7, 11) is 0. The first-order valence-electron chi connectivity index (χ1n) is 13.3. The lowest BCUT2D eigenvalue weighted by molar-refractivity contribution is -0.136. The number of hydrogen-bond acceptors (Lipinski definition) is 7. The molecule has 0 bridgehead atoms. The number of nitrogens with one attached hydrogen (secondary N) is 1. The summed E-state index contributed by atoms with van der Waals surface area (Å²) in [5.74, 6) is 1.69. The molecule has 36 heavy (non-hydrogen) atoms. The predicted octanol–water partition coefficient (Wildman–Crippen LogP) is 5.31. The van der Waals surface area contributed by atoms with Gasteiger partial charge in [0, 0.05) is 43.6 Å². The number of fused-ring (bicyclic) bond motifs is 1. The number of nitrogens with zero attached hydrogens (tertiary/aromatic N) is 4. The highest BCUT2D eigenvalue weighted by atomic mass is 19.4. The largest absolute Gasteiger partial charge is 0.474 e. The first kappa shape index (κ1) is 25.4. The molecule has 3 heterocycles. The molecule has 2 aliphatic carbocycles. The fraction of sp³-hybridized carbons (Fsp3) is 0.731. The monoisotopic (exact) mass is 507 g/mol. The van der Waals surface area contributed by atoms with Gasteiger partial charge in [-0.25, -0.2) is 15.0 Å². The zero-order valence-corrected chi connectivity index (χ0v) is 20.9. The summed E-state index contributed by atoms with van der Waals surface area (Å²) in [6.45, 7) is 6.17. The summed E-state index contributed by atoms with van der Waals surface area (Å²) in [6, 6.07) is -0.823. The van der Waals surface area contributed by atoms with Gasteiger partial charge in [0.15, 0.2) is 0 Å². The van der Waals surface area contributed by atoms with E-state index in [1.165, 1.54) is 13.3 Å². The highest BCUT2D eigenvalue weighted by Crippen LogP contribution is 2.39. The first-order chi connectivity index (χ1) is 17.3. The Morgan fingerprint density at radius 3 is 2.58 bits per heavy atom. The van der Waals surface area contributed by atoms with Crippen LogP contribution in [-0.2, 0) is 4.74 Å². The molecule has 1 atom stereocenters. The Kier molecular flexibility index (Phi) is 7.81. The van der Waals surface area contributed by atoms with Crippen molar-refractivity contribution in [2.24, 2.45) is 5.92 Å². The molecule has 3 fully saturated rings. The van der Waals surface area contributed by atoms with Crippen molar-refractivity contribution in [2.75, 3.05) is 38.2 Å². The van der Waals surface area contributed by atoms with Crippen LogP contribution in [0.3, 0.4) is 0 Å². The fourth-order valence-corrected chi connectivity index (χ4v) is 5.74. The van der Waals surface area contributed by atoms with Gasteiger partial charge in [0.05, 0.1) is 30.5 Å². The molecule has 0 radical (unpaired) electrons. The van der Waals surface area contributed by atoms with Crippen LogP contribution < -0.4 is 10.1 Å². The molecule has 10 heteroatoms. The van der Waals surface area contributed by atoms with Crippen LogP contribution in [0.2, 0.25) is 0 Å². The first-order valence-corrected chi connectivity index (χ1v) is 13.3. The summed E-state index contributed by atoms with van der Waals surface area (Å²) < 4.78 is 50.2. The number of rotatable bonds is 8. The minimum Gasteiger partial charge on any atom is -0.474 e. The highest BCUT2D eigenvalue weighted by molar-refractivity contribution is 5.86. The number of halogens is 3. The lowest BCUT2D eigenvalue weighted by atomic mass is 9.81. The molecular formula is C26H36F3N5O2. The van der Waals surface area contributed by atoms with E-state index >= 15 is 0 Å². The van der Waals surface area contributed by atoms with Crippen molar-refractivity contribution in [2.45, 2.75) is 82.5 Å². The summed E-state index contributed by atoms with van der Waals surface area (Å²) in [5.41, 5.74) is 1.79. The Bertz CT molecular complexity index is 1020. The quantitative estimate of drug-likeness (QED) is 0.519. The Balaban J connectivity index is 1.31. The molecule has 2 aromatic rings. The number of ether oxygens (including phenoxy) is 2. The molecule has 0 unspecified atom stereocenters. The molecule has 0 amide bonds. The van der Waals surface area contributed by atoms with E-state index in [0.717, 1.165) is 87.8 Å². The van der Waals surface area contributed by atoms with Crippen molar-refractivity contribution < 1.29 is 22.6 Å². The van der Waals surface area contributed by atoms with Crippen molar-refractivity contribution in [3.63, 3.8) is 0 Å². The standard InChI is InChI=1S/C26H36F3N5O2/c1-17(13-26(27,28)29)32-25-31-15-22-23(33-25)21(19-5-3-2-4-6-19)14-30-24(22)36-20-11-18(12-20)16-34-7-9-35-10-8-34/h14-15,17-20H,2-13,16H2,1H3,(H,31,32,33)/t17-,18-,20+/m0/s1. The van der Waals surface area contributed by atoms with Gasteiger partial charge in [-0.1, -0.05) is 19.3 Å². The third-order valence-corrected chi connectivity index (χ3v) is 7.66. The van der Waals surface area contributed by atoms with E-state index in [1.807, 2.05) is 6.20 Å². The number of aromatic nitrogens is 3. The number of hydrogen-bond donors (Lipinski definition) is 1. The van der Waals surface area contributed by atoms with Gasteiger partial charge in [0.1, 0.15) is 6.10 Å². The Morgan fingerprint density at radius 1 is 1.11 bits per heavy atom. The highest BCUT2D eigenvalue weighted by Gasteiger charge is 2.34. The number of alkyl halides is 3. The third kappa shape index (κ3) is 6.37. The van der Waals surface area contributed by atoms with Gasteiger partial charge in [0.2, 0.25) is 11.8 Å². The fourth-order valence-electron chi connectivity index (χ4n) is 5.74. The van der Waals surface area contributed by atoms with Crippen molar-refractivity contribution in [1.29, 1.82) is 0 Å². The van der Waals surface area contributed by atoms with E-state index in [-0.39, 0.29) is 12.1 Å². The van der Waals surface area contributed by atoms with Gasteiger partial charge >= 0.3 is 6.18 Å². The molecule has 2 saturated carbocycles. The number of anilines is 1. The van der Waals surface area contributed by atoms with Gasteiger partial charge < -0.3 is 14.8 Å². The number of morpholine rings is 1. The van der Waals surface area contributed by atoms with E-state index in [9.17, 15) is 13.2 Å². The zero-order chi connectivity index (χ0) is 25.1. The van der Waals surface area contributed by atoms with Crippen molar-refractivity contribution >= 4 is 16.9 Å². The minimum atomic E-state index is -4.25. The zero-order valence-electron chi connectivity index (χ0n) is 20.9. The van der Waals surface area contributed by atoms with Gasteiger partial charge in [-0.05, 0) is 44.4 Å². The molecule has 2 aromatic heterocycles. The van der Waals surface area contributed by atoms with Crippen LogP contribution in [0, 0.1) is 5.92 Å². The predicted molar refractivity (Wildman–Crippen MR) is 131 cm³/mol. The molecule has 3 aliphatic rings. The molecule has 0 aromatic carbocycles. The third-order valence-electron chi connectivity index (χ3n) is 7.66. The van der Waals surface area contributed by atoms with Crippen LogP contribution in [-0.4, -0.2) is 71.0 Å². The molecule has 5 rings (SSSR count). The average Bonchev–Trinajstić information content (AvgIpc) is 2.82. The maximum Gasteiger partial charge on any atom is 0.391 e. The maximum atomic E-state index is 12.8. The summed E-state index contributed by atoms with van der Waals surface area (Å²) in [5, 5.41) is 3.57. The Hall–Kier alpha value is -2.20. The maximum absolute atomic E-state index is 12.8. The second-order valence-electron chi connectivity index (χ2n) is 10.7. The van der Waals surface area contributed by atoms with Crippen molar-refractivity contribution in [1.82, 2.24) is 19.9 Å². The van der Waals surface area contributed by atoms with Gasteiger partial charge in [0.25, 0.3) is 0 Å². The second kappa shape index (κ2) is 11.0. The molecule has 1 saturated heterocycles. The molecule has 198 valence electrons. The Labute approximate surface area is 210 Å². The van der Waals surface area contributed by atoms with Crippen LogP contribution >= 0.6 is 0 Å². The SMILES string of the molecule is C[C@@H](CC(F)(F)F)Nc1ncc2c(O[C@H]3C[C@@H](CN4CCOCC4)C3)ncc(C3CCCCC3)c2n1. The van der Waals surface area contributed by atoms with Gasteiger partial charge in [-0.2, -0.15) is 13.2 Å². The normalized spacial score (nSPS) is 24.9. The molecule has 1 aliphatic heterocycles. The van der Waals surface area contributed by atoms with Crippen LogP contribution in [0.15, 0.2) is 12.4 Å². The van der Waals surface area contributed by atoms with E-state index < -0.39 is 18.6 Å². The summed E-state index contributed by atoms with van der Waals surface area (Å²) >= 11 is 0. The Morgan fingerprint density at radius 2 is 1.86 bits per heavy atom. The second-order valence-corrected chi connectivity index (χ2v) is 10.7. The van der Waals surface area contributed by atoms with Crippen LogP contribution in [0.5, 0.6) is 5.88 Å². The molecule has 1 N–H and O–H groups in total. The lowest BCUT2D eigenvalue weighted by Gasteiger charge is -2.39. The number of pyridine rings is 1. The van der Waals surface area contributed by atoms with Crippen LogP contribution in [0.25, 0.3) is 10.9 Å². The molecular weight excluding hydrogens is 471 g/mol. The van der Waals surface area contributed by atoms with Crippen molar-refractivity contribution in [3.05, 3.63) is 18.0 Å². The minimum absolute atomic E-state index is 0.108. The lowest BCUT2D eigenvalue weighted by Crippen LogP contribution is -2.45. The van der Waals surface area contributed by atoms with E-state index in [4.69, 9.17) is 14.5 Å². The molecule has 7 nitrogen and oxygen atoms in total. The van der Waals surface area contributed by atoms with Gasteiger partial charge in [-0.15, -0.1) is 0 Å². The van der Waals surface area contributed by atoms with Crippen LogP contribution in [0.1, 0.15) is 69.8 Å². The summed E-state index contributed by atoms with van der Waals surface area (Å²) in [4.78, 5) is 16.2.